The van der Waals surface area contributed by atoms with Crippen molar-refractivity contribution >= 4 is 91.9 Å². The van der Waals surface area contributed by atoms with E-state index >= 15 is 0 Å². The summed E-state index contributed by atoms with van der Waals surface area (Å²) < 4.78 is 5.00. The van der Waals surface area contributed by atoms with E-state index in [-0.39, 0.29) is 0 Å². The Morgan fingerprint density at radius 3 is 1.90 bits per heavy atom. The third kappa shape index (κ3) is 5.40. The Morgan fingerprint density at radius 2 is 1.03 bits per heavy atom. The zero-order valence-electron chi connectivity index (χ0n) is 32.1. The Hall–Kier alpha value is -7.46. The highest BCUT2D eigenvalue weighted by Crippen LogP contribution is 2.47. The van der Waals surface area contributed by atoms with Crippen LogP contribution in [0.15, 0.2) is 218 Å². The van der Waals surface area contributed by atoms with Crippen LogP contribution in [0.25, 0.3) is 91.5 Å². The fourth-order valence-electron chi connectivity index (χ4n) is 9.33. The van der Waals surface area contributed by atoms with Crippen molar-refractivity contribution in [1.82, 2.24) is 4.57 Å². The highest BCUT2D eigenvalue weighted by Gasteiger charge is 2.21. The molecule has 0 aliphatic heterocycles. The van der Waals surface area contributed by atoms with Gasteiger partial charge in [-0.15, -0.1) is 11.3 Å². The average Bonchev–Trinajstić information content (AvgIpc) is 3.86. The Labute approximate surface area is 346 Å². The lowest BCUT2D eigenvalue weighted by atomic mass is 9.93. The topological polar surface area (TPSA) is 8.17 Å². The van der Waals surface area contributed by atoms with Crippen LogP contribution in [0.4, 0.5) is 17.1 Å². The Balaban J connectivity index is 1.07. The summed E-state index contributed by atoms with van der Waals surface area (Å²) in [7, 11) is 0. The minimum absolute atomic E-state index is 1.11. The second-order valence-corrected chi connectivity index (χ2v) is 16.3. The van der Waals surface area contributed by atoms with Gasteiger partial charge in [-0.25, -0.2) is 0 Å². The molecule has 0 saturated heterocycles. The van der Waals surface area contributed by atoms with Crippen molar-refractivity contribution in [2.24, 2.45) is 0 Å². The summed E-state index contributed by atoms with van der Waals surface area (Å²) in [6.45, 7) is 0. The van der Waals surface area contributed by atoms with Gasteiger partial charge in [-0.1, -0.05) is 158 Å². The van der Waals surface area contributed by atoms with Gasteiger partial charge in [0.2, 0.25) is 0 Å². The molecule has 59 heavy (non-hydrogen) atoms. The molecule has 0 atom stereocenters. The molecule has 0 amide bonds. The molecule has 3 heteroatoms. The summed E-state index contributed by atoms with van der Waals surface area (Å²) in [5.74, 6) is 0. The lowest BCUT2D eigenvalue weighted by Crippen LogP contribution is -2.10. The Bertz CT molecular complexity index is 3560. The number of anilines is 3. The lowest BCUT2D eigenvalue weighted by molar-refractivity contribution is 1.18. The highest BCUT2D eigenvalue weighted by atomic mass is 32.1. The summed E-state index contributed by atoms with van der Waals surface area (Å²) in [5, 5.41) is 10.1. The predicted octanol–water partition coefficient (Wildman–Crippen LogP) is 16.3. The summed E-state index contributed by atoms with van der Waals surface area (Å²) in [4.78, 5) is 2.45. The largest absolute Gasteiger partial charge is 0.309 e. The first-order valence-electron chi connectivity index (χ1n) is 20.2. The SMILES string of the molecule is c1ccc(-n2c3ccccc3c3cccc(-c4cccc(N(c5ccc(-c6cc7ccccc7c7ccccc67)cc5)c5cccc6c5sc5ccccc56)c4)c32)cc1. The van der Waals surface area contributed by atoms with Crippen molar-refractivity contribution in [3.63, 3.8) is 0 Å². The summed E-state index contributed by atoms with van der Waals surface area (Å²) in [6, 6.07) is 79.9. The van der Waals surface area contributed by atoms with Crippen LogP contribution in [0.2, 0.25) is 0 Å². The molecule has 0 N–H and O–H groups in total. The molecule has 2 heterocycles. The van der Waals surface area contributed by atoms with E-state index in [2.05, 4.69) is 228 Å². The maximum Gasteiger partial charge on any atom is 0.0640 e. The van der Waals surface area contributed by atoms with E-state index in [1.165, 1.54) is 91.5 Å². The number of thiophene rings is 1. The monoisotopic (exact) mass is 768 g/mol. The molecule has 2 aromatic heterocycles. The van der Waals surface area contributed by atoms with Gasteiger partial charge in [0.25, 0.3) is 0 Å². The number of hydrogen-bond donors (Lipinski definition) is 0. The van der Waals surface area contributed by atoms with Crippen molar-refractivity contribution in [2.45, 2.75) is 0 Å². The van der Waals surface area contributed by atoms with Crippen LogP contribution in [0.3, 0.4) is 0 Å². The molecule has 0 unspecified atom stereocenters. The quantitative estimate of drug-likeness (QED) is 0.153. The second kappa shape index (κ2) is 13.6. The van der Waals surface area contributed by atoms with Gasteiger partial charge >= 0.3 is 0 Å². The molecule has 0 radical (unpaired) electrons. The highest BCUT2D eigenvalue weighted by molar-refractivity contribution is 7.26. The molecular weight excluding hydrogens is 733 g/mol. The molecule has 10 aromatic carbocycles. The first-order chi connectivity index (χ1) is 29.3. The normalized spacial score (nSPS) is 11.7. The molecule has 0 saturated carbocycles. The van der Waals surface area contributed by atoms with E-state index < -0.39 is 0 Å². The lowest BCUT2D eigenvalue weighted by Gasteiger charge is -2.27. The van der Waals surface area contributed by atoms with E-state index in [4.69, 9.17) is 0 Å². The predicted molar refractivity (Wildman–Crippen MR) is 254 cm³/mol. The zero-order valence-corrected chi connectivity index (χ0v) is 32.9. The van der Waals surface area contributed by atoms with Crippen molar-refractivity contribution in [1.29, 1.82) is 0 Å². The molecule has 12 rings (SSSR count). The Morgan fingerprint density at radius 1 is 0.373 bits per heavy atom. The molecule has 0 bridgehead atoms. The first kappa shape index (κ1) is 33.7. The van der Waals surface area contributed by atoms with E-state index in [1.807, 2.05) is 11.3 Å². The fourth-order valence-corrected chi connectivity index (χ4v) is 10.5. The number of benzene rings is 10. The van der Waals surface area contributed by atoms with Crippen LogP contribution < -0.4 is 4.90 Å². The molecule has 0 fully saturated rings. The van der Waals surface area contributed by atoms with Crippen LogP contribution in [-0.2, 0) is 0 Å². The van der Waals surface area contributed by atoms with Crippen LogP contribution >= 0.6 is 11.3 Å². The molecule has 12 aromatic rings. The van der Waals surface area contributed by atoms with Crippen LogP contribution in [0.5, 0.6) is 0 Å². The molecule has 2 nitrogen and oxygen atoms in total. The number of fused-ring (bicyclic) bond motifs is 9. The minimum atomic E-state index is 1.11. The maximum atomic E-state index is 2.45. The minimum Gasteiger partial charge on any atom is -0.309 e. The molecular formula is C56H36N2S. The smallest absolute Gasteiger partial charge is 0.0640 e. The standard InChI is InChI=1S/C56H36N2S/c1-2-17-40(18-3-1)58-52-28-10-8-23-47(52)49-26-13-25-44(55(49)58)38-16-12-19-42(35-38)57(53-29-14-27-50-48-24-9-11-30-54(48)59-56(50)53)41-33-31-37(32-34-41)51-36-39-15-4-5-20-43(39)45-21-6-7-22-46(45)51/h1-36H. The second-order valence-electron chi connectivity index (χ2n) is 15.3. The van der Waals surface area contributed by atoms with Gasteiger partial charge in [0.1, 0.15) is 0 Å². The third-order valence-corrected chi connectivity index (χ3v) is 13.2. The zero-order chi connectivity index (χ0) is 38.9. The van der Waals surface area contributed by atoms with Gasteiger partial charge in [0, 0.05) is 48.9 Å². The maximum absolute atomic E-state index is 2.45. The fraction of sp³-hybridized carbons (Fsp3) is 0. The molecule has 0 aliphatic carbocycles. The average molecular weight is 769 g/mol. The van der Waals surface area contributed by atoms with Crippen molar-refractivity contribution in [2.75, 3.05) is 4.90 Å². The van der Waals surface area contributed by atoms with Gasteiger partial charge in [-0.2, -0.15) is 0 Å². The van der Waals surface area contributed by atoms with Crippen LogP contribution in [0.1, 0.15) is 0 Å². The number of aromatic nitrogens is 1. The van der Waals surface area contributed by atoms with Gasteiger partial charge in [0.15, 0.2) is 0 Å². The molecule has 0 spiro atoms. The number of hydrogen-bond acceptors (Lipinski definition) is 2. The number of nitrogens with zero attached hydrogens (tertiary/aromatic N) is 2. The van der Waals surface area contributed by atoms with Crippen LogP contribution in [-0.4, -0.2) is 4.57 Å². The van der Waals surface area contributed by atoms with E-state index in [0.29, 0.717) is 0 Å². The van der Waals surface area contributed by atoms with E-state index in [0.717, 1.165) is 17.1 Å². The van der Waals surface area contributed by atoms with E-state index in [1.54, 1.807) is 0 Å². The third-order valence-electron chi connectivity index (χ3n) is 12.0. The van der Waals surface area contributed by atoms with E-state index in [9.17, 15) is 0 Å². The molecule has 276 valence electrons. The number of rotatable bonds is 6. The summed E-state index contributed by atoms with van der Waals surface area (Å²) >= 11 is 1.87. The van der Waals surface area contributed by atoms with Gasteiger partial charge in [0.05, 0.1) is 21.4 Å². The van der Waals surface area contributed by atoms with Crippen LogP contribution in [0, 0.1) is 0 Å². The van der Waals surface area contributed by atoms with Crippen molar-refractivity contribution in [3.05, 3.63) is 218 Å². The van der Waals surface area contributed by atoms with Crippen molar-refractivity contribution < 1.29 is 0 Å². The first-order valence-corrected chi connectivity index (χ1v) is 21.0. The van der Waals surface area contributed by atoms with Gasteiger partial charge < -0.3 is 9.47 Å². The van der Waals surface area contributed by atoms with Crippen molar-refractivity contribution in [3.8, 4) is 27.9 Å². The molecule has 0 aliphatic rings. The number of para-hydroxylation sites is 3. The Kier molecular flexibility index (Phi) is 7.75. The summed E-state index contributed by atoms with van der Waals surface area (Å²) in [6.07, 6.45) is 0. The van der Waals surface area contributed by atoms with Gasteiger partial charge in [-0.3, -0.25) is 0 Å². The van der Waals surface area contributed by atoms with Gasteiger partial charge in [-0.05, 0) is 98.9 Å². The summed E-state index contributed by atoms with van der Waals surface area (Å²) in [5.41, 5.74) is 11.8.